The minimum absolute atomic E-state index is 0.112. The Morgan fingerprint density at radius 3 is 2.57 bits per heavy atom. The summed E-state index contributed by atoms with van der Waals surface area (Å²) in [5.74, 6) is -0.384. The summed E-state index contributed by atoms with van der Waals surface area (Å²) in [5.41, 5.74) is 3.83. The van der Waals surface area contributed by atoms with Crippen LogP contribution in [0.25, 0.3) is 5.69 Å². The Balaban J connectivity index is 1.42. The summed E-state index contributed by atoms with van der Waals surface area (Å²) in [6.45, 7) is 3.78. The first-order valence-electron chi connectivity index (χ1n) is 9.22. The molecule has 2 N–H and O–H groups in total. The number of thiophene rings is 1. The van der Waals surface area contributed by atoms with E-state index in [0.717, 1.165) is 17.1 Å². The third kappa shape index (κ3) is 4.32. The van der Waals surface area contributed by atoms with Gasteiger partial charge in [-0.05, 0) is 37.4 Å². The summed E-state index contributed by atoms with van der Waals surface area (Å²) in [7, 11) is 0. The van der Waals surface area contributed by atoms with Gasteiger partial charge in [-0.2, -0.15) is 5.10 Å². The van der Waals surface area contributed by atoms with Gasteiger partial charge in [-0.25, -0.2) is 9.67 Å². The number of rotatable bonds is 6. The molecule has 0 saturated carbocycles. The molecule has 4 aromatic rings. The second-order valence-corrected chi connectivity index (χ2v) is 8.40. The van der Waals surface area contributed by atoms with E-state index in [0.29, 0.717) is 21.4 Å². The molecular formula is C21H19N5O2S2. The van der Waals surface area contributed by atoms with Crippen molar-refractivity contribution in [1.29, 1.82) is 0 Å². The molecule has 152 valence electrons. The standard InChI is InChI=1S/C21H19N5O2S2/c1-13-19(14(2)26(25-13)16-7-4-3-5-8-16)23-18(27)11-15-12-30-21(22-15)24-20(28)17-9-6-10-29-17/h3-10,12H,11H2,1-2H3,(H,23,27)(H,22,24,28). The number of aromatic nitrogens is 3. The fraction of sp³-hybridized carbons (Fsp3) is 0.143. The first kappa shape index (κ1) is 20.0. The van der Waals surface area contributed by atoms with E-state index in [9.17, 15) is 9.59 Å². The monoisotopic (exact) mass is 437 g/mol. The van der Waals surface area contributed by atoms with Crippen LogP contribution in [-0.4, -0.2) is 26.6 Å². The zero-order chi connectivity index (χ0) is 21.1. The summed E-state index contributed by atoms with van der Waals surface area (Å²) in [4.78, 5) is 29.7. The first-order chi connectivity index (χ1) is 14.5. The Morgan fingerprint density at radius 2 is 1.83 bits per heavy atom. The van der Waals surface area contributed by atoms with Gasteiger partial charge in [0.2, 0.25) is 5.91 Å². The van der Waals surface area contributed by atoms with Crippen LogP contribution in [0.1, 0.15) is 26.8 Å². The molecule has 0 fully saturated rings. The Kier molecular flexibility index (Phi) is 5.73. The molecule has 9 heteroatoms. The fourth-order valence-electron chi connectivity index (χ4n) is 3.00. The normalized spacial score (nSPS) is 10.7. The van der Waals surface area contributed by atoms with Crippen molar-refractivity contribution in [1.82, 2.24) is 14.8 Å². The van der Waals surface area contributed by atoms with Gasteiger partial charge in [-0.3, -0.25) is 14.9 Å². The van der Waals surface area contributed by atoms with E-state index < -0.39 is 0 Å². The number of nitrogens with one attached hydrogen (secondary N) is 2. The minimum Gasteiger partial charge on any atom is -0.323 e. The largest absolute Gasteiger partial charge is 0.323 e. The summed E-state index contributed by atoms with van der Waals surface area (Å²) in [6, 6.07) is 13.3. The van der Waals surface area contributed by atoms with Gasteiger partial charge in [-0.15, -0.1) is 22.7 Å². The maximum absolute atomic E-state index is 12.6. The number of thiazole rings is 1. The highest BCUT2D eigenvalue weighted by Crippen LogP contribution is 2.23. The summed E-state index contributed by atoms with van der Waals surface area (Å²) in [6.07, 6.45) is 0.112. The number of carbonyl (C=O) groups excluding carboxylic acids is 2. The van der Waals surface area contributed by atoms with Crippen molar-refractivity contribution < 1.29 is 9.59 Å². The number of hydrogen-bond acceptors (Lipinski definition) is 6. The molecule has 0 spiro atoms. The molecule has 1 aromatic carbocycles. The van der Waals surface area contributed by atoms with Crippen LogP contribution in [0.15, 0.2) is 53.2 Å². The van der Waals surface area contributed by atoms with E-state index in [1.54, 1.807) is 11.4 Å². The molecule has 30 heavy (non-hydrogen) atoms. The molecule has 0 bridgehead atoms. The van der Waals surface area contributed by atoms with Gasteiger partial charge >= 0.3 is 0 Å². The quantitative estimate of drug-likeness (QED) is 0.467. The van der Waals surface area contributed by atoms with Crippen LogP contribution in [0.4, 0.5) is 10.8 Å². The number of carbonyl (C=O) groups is 2. The molecule has 0 saturated heterocycles. The number of nitrogens with zero attached hydrogens (tertiary/aromatic N) is 3. The zero-order valence-corrected chi connectivity index (χ0v) is 18.0. The van der Waals surface area contributed by atoms with Crippen LogP contribution < -0.4 is 10.6 Å². The molecule has 0 aliphatic heterocycles. The van der Waals surface area contributed by atoms with Crippen molar-refractivity contribution in [2.24, 2.45) is 0 Å². The average Bonchev–Trinajstić information content (AvgIpc) is 3.47. The van der Waals surface area contributed by atoms with Gasteiger partial charge in [0.15, 0.2) is 5.13 Å². The molecule has 7 nitrogen and oxygen atoms in total. The van der Waals surface area contributed by atoms with Gasteiger partial charge in [0.05, 0.1) is 39.8 Å². The number of anilines is 2. The first-order valence-corrected chi connectivity index (χ1v) is 11.0. The molecule has 0 aliphatic carbocycles. The van der Waals surface area contributed by atoms with Crippen molar-refractivity contribution in [3.63, 3.8) is 0 Å². The smallest absolute Gasteiger partial charge is 0.267 e. The van der Waals surface area contributed by atoms with Crippen molar-refractivity contribution in [3.05, 3.63) is 75.2 Å². The Hall–Kier alpha value is -3.30. The van der Waals surface area contributed by atoms with Crippen LogP contribution in [0.5, 0.6) is 0 Å². The second kappa shape index (κ2) is 8.60. The van der Waals surface area contributed by atoms with E-state index in [2.05, 4.69) is 20.7 Å². The van der Waals surface area contributed by atoms with E-state index in [4.69, 9.17) is 0 Å². The average molecular weight is 438 g/mol. The van der Waals surface area contributed by atoms with Crippen LogP contribution in [0, 0.1) is 13.8 Å². The van der Waals surface area contributed by atoms with Gasteiger partial charge in [0.25, 0.3) is 5.91 Å². The predicted molar refractivity (Wildman–Crippen MR) is 120 cm³/mol. The SMILES string of the molecule is Cc1nn(-c2ccccc2)c(C)c1NC(=O)Cc1csc(NC(=O)c2cccs2)n1. The molecule has 0 atom stereocenters. The lowest BCUT2D eigenvalue weighted by atomic mass is 10.2. The Labute approximate surface area is 181 Å². The molecule has 0 aliphatic rings. The van der Waals surface area contributed by atoms with E-state index >= 15 is 0 Å². The topological polar surface area (TPSA) is 88.9 Å². The van der Waals surface area contributed by atoms with Crippen molar-refractivity contribution >= 4 is 45.3 Å². The van der Waals surface area contributed by atoms with Crippen molar-refractivity contribution in [2.75, 3.05) is 10.6 Å². The highest BCUT2D eigenvalue weighted by Gasteiger charge is 2.17. The summed E-state index contributed by atoms with van der Waals surface area (Å²) >= 11 is 2.66. The molecular weight excluding hydrogens is 418 g/mol. The Bertz CT molecular complexity index is 1180. The number of amides is 2. The van der Waals surface area contributed by atoms with Gasteiger partial charge in [0.1, 0.15) is 0 Å². The highest BCUT2D eigenvalue weighted by molar-refractivity contribution is 7.14. The Morgan fingerprint density at radius 1 is 1.03 bits per heavy atom. The van der Waals surface area contributed by atoms with Crippen LogP contribution in [-0.2, 0) is 11.2 Å². The maximum atomic E-state index is 12.6. The lowest BCUT2D eigenvalue weighted by Crippen LogP contribution is -2.16. The van der Waals surface area contributed by atoms with Crippen LogP contribution >= 0.6 is 22.7 Å². The highest BCUT2D eigenvalue weighted by atomic mass is 32.1. The maximum Gasteiger partial charge on any atom is 0.267 e. The molecule has 3 heterocycles. The molecule has 3 aromatic heterocycles. The lowest BCUT2D eigenvalue weighted by Gasteiger charge is -2.06. The van der Waals surface area contributed by atoms with E-state index in [1.807, 2.05) is 60.3 Å². The van der Waals surface area contributed by atoms with Crippen molar-refractivity contribution in [3.8, 4) is 5.69 Å². The summed E-state index contributed by atoms with van der Waals surface area (Å²) in [5, 5.41) is 14.3. The predicted octanol–water partition coefficient (Wildman–Crippen LogP) is 4.44. The van der Waals surface area contributed by atoms with Crippen LogP contribution in [0.3, 0.4) is 0 Å². The lowest BCUT2D eigenvalue weighted by molar-refractivity contribution is -0.115. The van der Waals surface area contributed by atoms with Gasteiger partial charge < -0.3 is 5.32 Å². The molecule has 0 unspecified atom stereocenters. The molecule has 2 amide bonds. The zero-order valence-electron chi connectivity index (χ0n) is 16.4. The molecule has 4 rings (SSSR count). The van der Waals surface area contributed by atoms with Gasteiger partial charge in [-0.1, -0.05) is 24.3 Å². The number of para-hydroxylation sites is 1. The third-order valence-corrected chi connectivity index (χ3v) is 6.09. The van der Waals surface area contributed by atoms with Crippen LogP contribution in [0.2, 0.25) is 0 Å². The second-order valence-electron chi connectivity index (χ2n) is 6.59. The molecule has 0 radical (unpaired) electrons. The van der Waals surface area contributed by atoms with E-state index in [1.165, 1.54) is 22.7 Å². The van der Waals surface area contributed by atoms with Crippen molar-refractivity contribution in [2.45, 2.75) is 20.3 Å². The minimum atomic E-state index is -0.199. The third-order valence-electron chi connectivity index (χ3n) is 4.42. The summed E-state index contributed by atoms with van der Waals surface area (Å²) < 4.78 is 1.81. The van der Waals surface area contributed by atoms with Gasteiger partial charge in [0, 0.05) is 5.38 Å². The van der Waals surface area contributed by atoms with E-state index in [-0.39, 0.29) is 18.2 Å². The number of benzene rings is 1. The number of hydrogen-bond donors (Lipinski definition) is 2. The number of aryl methyl sites for hydroxylation is 1. The fourth-order valence-corrected chi connectivity index (χ4v) is 4.33.